The van der Waals surface area contributed by atoms with Crippen molar-refractivity contribution in [1.82, 2.24) is 4.98 Å². The lowest BCUT2D eigenvalue weighted by Gasteiger charge is -2.17. The standard InChI is InChI=1S/C17H17NO6/c1-9-7-13(19)15(16(21)18-9)12(8-14(20)24-2)10-3-5-11(6-4-10)17(22)23/h3-7,12H,8H2,1-2H3,(H,22,23)(H2,18,19,21). The third kappa shape index (κ3) is 3.62. The van der Waals surface area contributed by atoms with E-state index in [1.807, 2.05) is 0 Å². The molecule has 2 aromatic rings. The van der Waals surface area contributed by atoms with Crippen LogP contribution in [0.2, 0.25) is 0 Å². The van der Waals surface area contributed by atoms with Crippen LogP contribution in [-0.4, -0.2) is 34.2 Å². The highest BCUT2D eigenvalue weighted by Crippen LogP contribution is 2.32. The van der Waals surface area contributed by atoms with Crippen molar-refractivity contribution in [3.05, 3.63) is 63.1 Å². The Morgan fingerprint density at radius 2 is 1.88 bits per heavy atom. The van der Waals surface area contributed by atoms with Gasteiger partial charge in [0.15, 0.2) is 0 Å². The lowest BCUT2D eigenvalue weighted by molar-refractivity contribution is -0.140. The number of esters is 1. The van der Waals surface area contributed by atoms with Crippen molar-refractivity contribution in [1.29, 1.82) is 0 Å². The van der Waals surface area contributed by atoms with E-state index in [-0.39, 0.29) is 23.3 Å². The highest BCUT2D eigenvalue weighted by molar-refractivity contribution is 5.87. The first-order valence-electron chi connectivity index (χ1n) is 7.16. The number of carbonyl (C=O) groups is 2. The Balaban J connectivity index is 2.55. The Bertz CT molecular complexity index is 822. The average molecular weight is 331 g/mol. The van der Waals surface area contributed by atoms with Crippen LogP contribution in [0.5, 0.6) is 5.75 Å². The van der Waals surface area contributed by atoms with E-state index in [0.717, 1.165) is 0 Å². The van der Waals surface area contributed by atoms with Crippen molar-refractivity contribution >= 4 is 11.9 Å². The number of methoxy groups -OCH3 is 1. The molecule has 0 aliphatic heterocycles. The maximum atomic E-state index is 12.3. The number of hydrogen-bond donors (Lipinski definition) is 3. The number of carboxylic acid groups (broad SMARTS) is 1. The number of aryl methyl sites for hydroxylation is 1. The predicted molar refractivity (Wildman–Crippen MR) is 85.3 cm³/mol. The maximum absolute atomic E-state index is 12.3. The predicted octanol–water partition coefficient (Wildman–Crippen LogP) is 1.78. The third-order valence-electron chi connectivity index (χ3n) is 3.69. The molecular weight excluding hydrogens is 314 g/mol. The fourth-order valence-electron chi connectivity index (χ4n) is 2.51. The van der Waals surface area contributed by atoms with Crippen molar-refractivity contribution in [2.75, 3.05) is 7.11 Å². The zero-order valence-corrected chi connectivity index (χ0v) is 13.2. The second-order valence-corrected chi connectivity index (χ2v) is 5.34. The molecule has 1 atom stereocenters. The summed E-state index contributed by atoms with van der Waals surface area (Å²) in [6.45, 7) is 1.63. The Morgan fingerprint density at radius 1 is 1.25 bits per heavy atom. The van der Waals surface area contributed by atoms with Crippen LogP contribution in [0.3, 0.4) is 0 Å². The van der Waals surface area contributed by atoms with Gasteiger partial charge in [0, 0.05) is 11.6 Å². The first kappa shape index (κ1) is 17.3. The van der Waals surface area contributed by atoms with Crippen LogP contribution < -0.4 is 5.56 Å². The van der Waals surface area contributed by atoms with E-state index in [1.54, 1.807) is 6.92 Å². The molecule has 0 saturated heterocycles. The number of aromatic hydroxyl groups is 1. The summed E-state index contributed by atoms with van der Waals surface area (Å²) in [6, 6.07) is 7.17. The van der Waals surface area contributed by atoms with Gasteiger partial charge in [-0.2, -0.15) is 0 Å². The van der Waals surface area contributed by atoms with Gasteiger partial charge in [-0.05, 0) is 30.7 Å². The van der Waals surface area contributed by atoms with E-state index in [1.165, 1.54) is 37.4 Å². The molecule has 1 aromatic carbocycles. The van der Waals surface area contributed by atoms with Crippen LogP contribution in [-0.2, 0) is 9.53 Å². The van der Waals surface area contributed by atoms with Gasteiger partial charge in [0.2, 0.25) is 0 Å². The molecule has 0 aliphatic rings. The summed E-state index contributed by atoms with van der Waals surface area (Å²) in [6.07, 6.45) is -0.164. The molecule has 0 fully saturated rings. The fraction of sp³-hybridized carbons (Fsp3) is 0.235. The van der Waals surface area contributed by atoms with Gasteiger partial charge < -0.3 is 19.9 Å². The monoisotopic (exact) mass is 331 g/mol. The van der Waals surface area contributed by atoms with E-state index in [4.69, 9.17) is 5.11 Å². The van der Waals surface area contributed by atoms with E-state index < -0.39 is 23.4 Å². The van der Waals surface area contributed by atoms with E-state index in [0.29, 0.717) is 11.3 Å². The number of nitrogens with one attached hydrogen (secondary N) is 1. The number of carbonyl (C=O) groups excluding carboxylic acids is 1. The van der Waals surface area contributed by atoms with Gasteiger partial charge >= 0.3 is 11.9 Å². The number of carboxylic acids is 1. The van der Waals surface area contributed by atoms with E-state index in [2.05, 4.69) is 9.72 Å². The number of benzene rings is 1. The first-order chi connectivity index (χ1) is 11.3. The number of aromatic nitrogens is 1. The molecule has 0 radical (unpaired) electrons. The highest BCUT2D eigenvalue weighted by atomic mass is 16.5. The minimum atomic E-state index is -1.08. The van der Waals surface area contributed by atoms with Gasteiger partial charge in [0.05, 0.1) is 24.7 Å². The van der Waals surface area contributed by atoms with Crippen molar-refractivity contribution in [2.24, 2.45) is 0 Å². The molecule has 3 N–H and O–H groups in total. The van der Waals surface area contributed by atoms with Gasteiger partial charge in [0.1, 0.15) is 5.75 Å². The molecule has 7 nitrogen and oxygen atoms in total. The minimum absolute atomic E-state index is 0.0362. The zero-order chi connectivity index (χ0) is 17.9. The Kier molecular flexibility index (Phi) is 5.03. The molecule has 0 aliphatic carbocycles. The summed E-state index contributed by atoms with van der Waals surface area (Å²) in [5.41, 5.74) is 0.616. The SMILES string of the molecule is COC(=O)CC(c1ccc(C(=O)O)cc1)c1c(O)cc(C)[nH]c1=O. The molecule has 1 heterocycles. The summed E-state index contributed by atoms with van der Waals surface area (Å²) in [5.74, 6) is -2.62. The fourth-order valence-corrected chi connectivity index (χ4v) is 2.51. The molecule has 0 bridgehead atoms. The Labute approximate surface area is 137 Å². The lowest BCUT2D eigenvalue weighted by atomic mass is 9.88. The van der Waals surface area contributed by atoms with Gasteiger partial charge in [-0.1, -0.05) is 12.1 Å². The molecule has 1 unspecified atom stereocenters. The summed E-state index contributed by atoms with van der Waals surface area (Å²) in [4.78, 5) is 37.5. The first-order valence-corrected chi connectivity index (χ1v) is 7.16. The zero-order valence-electron chi connectivity index (χ0n) is 13.2. The van der Waals surface area contributed by atoms with Crippen molar-refractivity contribution < 1.29 is 24.5 Å². The summed E-state index contributed by atoms with van der Waals surface area (Å²) in [7, 11) is 1.23. The van der Waals surface area contributed by atoms with Gasteiger partial charge in [-0.25, -0.2) is 4.79 Å². The van der Waals surface area contributed by atoms with Gasteiger partial charge in [-0.3, -0.25) is 9.59 Å². The molecule has 7 heteroatoms. The van der Waals surface area contributed by atoms with Gasteiger partial charge in [0.25, 0.3) is 5.56 Å². The lowest BCUT2D eigenvalue weighted by Crippen LogP contribution is -2.21. The number of aromatic amines is 1. The van der Waals surface area contributed by atoms with Crippen LogP contribution in [0.15, 0.2) is 35.1 Å². The normalized spacial score (nSPS) is 11.8. The third-order valence-corrected chi connectivity index (χ3v) is 3.69. The number of hydrogen-bond acceptors (Lipinski definition) is 5. The second kappa shape index (κ2) is 6.99. The number of H-pyrrole nitrogens is 1. The van der Waals surface area contributed by atoms with Crippen molar-refractivity contribution in [3.8, 4) is 5.75 Å². The van der Waals surface area contributed by atoms with E-state index in [9.17, 15) is 19.5 Å². The molecule has 0 amide bonds. The quantitative estimate of drug-likeness (QED) is 0.719. The van der Waals surface area contributed by atoms with Gasteiger partial charge in [-0.15, -0.1) is 0 Å². The van der Waals surface area contributed by atoms with Crippen LogP contribution in [0.4, 0.5) is 0 Å². The van der Waals surface area contributed by atoms with Crippen molar-refractivity contribution in [3.63, 3.8) is 0 Å². The van der Waals surface area contributed by atoms with Crippen LogP contribution in [0, 0.1) is 6.92 Å². The number of aromatic carboxylic acids is 1. The number of pyridine rings is 1. The second-order valence-electron chi connectivity index (χ2n) is 5.34. The van der Waals surface area contributed by atoms with Crippen LogP contribution in [0.25, 0.3) is 0 Å². The molecule has 24 heavy (non-hydrogen) atoms. The number of ether oxygens (including phenoxy) is 1. The molecule has 0 spiro atoms. The smallest absolute Gasteiger partial charge is 0.335 e. The topological polar surface area (TPSA) is 117 Å². The summed E-state index contributed by atoms with van der Waals surface area (Å²) in [5, 5.41) is 19.1. The average Bonchev–Trinajstić information content (AvgIpc) is 2.52. The Morgan fingerprint density at radius 3 is 2.38 bits per heavy atom. The minimum Gasteiger partial charge on any atom is -0.507 e. The molecular formula is C17H17NO6. The van der Waals surface area contributed by atoms with E-state index >= 15 is 0 Å². The summed E-state index contributed by atoms with van der Waals surface area (Å²) < 4.78 is 4.66. The molecule has 2 rings (SSSR count). The maximum Gasteiger partial charge on any atom is 0.335 e. The highest BCUT2D eigenvalue weighted by Gasteiger charge is 2.25. The number of rotatable bonds is 5. The molecule has 0 saturated carbocycles. The molecule has 1 aromatic heterocycles. The summed E-state index contributed by atoms with van der Waals surface area (Å²) >= 11 is 0. The van der Waals surface area contributed by atoms with Crippen LogP contribution in [0.1, 0.15) is 39.5 Å². The largest absolute Gasteiger partial charge is 0.507 e. The van der Waals surface area contributed by atoms with Crippen LogP contribution >= 0.6 is 0 Å². The Hall–Kier alpha value is -3.09. The molecule has 126 valence electrons. The van der Waals surface area contributed by atoms with Crippen molar-refractivity contribution in [2.45, 2.75) is 19.3 Å².